The van der Waals surface area contributed by atoms with Gasteiger partial charge >= 0.3 is 0 Å². The van der Waals surface area contributed by atoms with Crippen molar-refractivity contribution in [2.24, 2.45) is 0 Å². The summed E-state index contributed by atoms with van der Waals surface area (Å²) in [5.41, 5.74) is 14.8. The molecule has 4 heteroatoms. The number of nitrogens with zero attached hydrogens (tertiary/aromatic N) is 4. The maximum Gasteiger partial charge on any atom is 0.0979 e. The van der Waals surface area contributed by atoms with Crippen LogP contribution in [0.3, 0.4) is 0 Å². The minimum Gasteiger partial charge on any atom is -0.256 e. The molecule has 4 aromatic heterocycles. The number of aromatic nitrogens is 4. The Morgan fingerprint density at radius 3 is 1.33 bits per heavy atom. The zero-order valence-electron chi connectivity index (χ0n) is 31.4. The minimum absolute atomic E-state index is 0.817. The molecule has 0 atom stereocenters. The van der Waals surface area contributed by atoms with E-state index in [1.165, 1.54) is 11.1 Å². The molecule has 11 rings (SSSR count). The molecule has 0 N–H and O–H groups in total. The van der Waals surface area contributed by atoms with Crippen molar-refractivity contribution in [3.8, 4) is 67.3 Å². The molecule has 0 aliphatic carbocycles. The lowest BCUT2D eigenvalue weighted by atomic mass is 9.95. The van der Waals surface area contributed by atoms with Crippen molar-refractivity contribution >= 4 is 43.5 Å². The van der Waals surface area contributed by atoms with E-state index < -0.39 is 0 Å². The predicted molar refractivity (Wildman–Crippen MR) is 240 cm³/mol. The monoisotopic (exact) mass is 738 g/mol. The summed E-state index contributed by atoms with van der Waals surface area (Å²) in [7, 11) is 0. The molecule has 11 aromatic rings. The first-order valence-corrected chi connectivity index (χ1v) is 19.5. The predicted octanol–water partition coefficient (Wildman–Crippen LogP) is 13.9. The van der Waals surface area contributed by atoms with Gasteiger partial charge in [0.2, 0.25) is 0 Å². The summed E-state index contributed by atoms with van der Waals surface area (Å²) >= 11 is 0. The van der Waals surface area contributed by atoms with Crippen LogP contribution < -0.4 is 0 Å². The molecule has 0 saturated heterocycles. The number of benzene rings is 7. The van der Waals surface area contributed by atoms with Crippen molar-refractivity contribution < 1.29 is 0 Å². The molecule has 4 heterocycles. The fraction of sp³-hybridized carbons (Fsp3) is 0. The van der Waals surface area contributed by atoms with E-state index in [2.05, 4.69) is 182 Å². The second kappa shape index (κ2) is 14.0. The van der Waals surface area contributed by atoms with Gasteiger partial charge in [-0.15, -0.1) is 0 Å². The topological polar surface area (TPSA) is 51.6 Å². The Balaban J connectivity index is 1.17. The highest BCUT2D eigenvalue weighted by atomic mass is 14.8. The van der Waals surface area contributed by atoms with Crippen LogP contribution in [-0.4, -0.2) is 19.9 Å². The average Bonchev–Trinajstić information content (AvgIpc) is 3.31. The van der Waals surface area contributed by atoms with Gasteiger partial charge in [0.05, 0.1) is 39.3 Å². The number of hydrogen-bond donors (Lipinski definition) is 0. The molecule has 0 radical (unpaired) electrons. The first-order chi connectivity index (χ1) is 28.7. The lowest BCUT2D eigenvalue weighted by Gasteiger charge is -2.15. The third kappa shape index (κ3) is 6.05. The van der Waals surface area contributed by atoms with Gasteiger partial charge in [0.15, 0.2) is 0 Å². The Labute approximate surface area is 335 Å². The van der Waals surface area contributed by atoms with E-state index in [1.807, 2.05) is 24.4 Å². The molecule has 0 spiro atoms. The molecule has 270 valence electrons. The summed E-state index contributed by atoms with van der Waals surface area (Å²) in [6.07, 6.45) is 1.96. The van der Waals surface area contributed by atoms with Crippen molar-refractivity contribution in [3.05, 3.63) is 206 Å². The summed E-state index contributed by atoms with van der Waals surface area (Å²) in [5.74, 6) is 0. The second-order valence-corrected chi connectivity index (χ2v) is 14.7. The summed E-state index contributed by atoms with van der Waals surface area (Å²) in [5, 5.41) is 5.31. The average molecular weight is 739 g/mol. The van der Waals surface area contributed by atoms with Gasteiger partial charge in [-0.2, -0.15) is 0 Å². The van der Waals surface area contributed by atoms with Crippen LogP contribution in [0.5, 0.6) is 0 Å². The van der Waals surface area contributed by atoms with E-state index >= 15 is 0 Å². The molecule has 7 aromatic carbocycles. The standard InChI is InChI=1S/C54H34N4/c1-3-11-35(12-4-1)37-19-23-40(24-20-37)50-32-46(49-30-27-39-15-9-10-18-48(39)56-49)44-28-29-45-47(52-31-42-16-7-8-17-43(42)34-55-52)33-51(58-54(45)53(44)57-50)41-25-21-38(22-26-41)36-13-5-2-6-14-36/h1-34H. The molecular formula is C54H34N4. The lowest BCUT2D eigenvalue weighted by molar-refractivity contribution is 1.33. The smallest absolute Gasteiger partial charge is 0.0979 e. The number of pyridine rings is 4. The molecular weight excluding hydrogens is 705 g/mol. The van der Waals surface area contributed by atoms with Crippen LogP contribution in [0.1, 0.15) is 0 Å². The first kappa shape index (κ1) is 33.5. The second-order valence-electron chi connectivity index (χ2n) is 14.7. The molecule has 4 nitrogen and oxygen atoms in total. The zero-order valence-corrected chi connectivity index (χ0v) is 31.4. The maximum absolute atomic E-state index is 5.49. The Morgan fingerprint density at radius 2 is 0.741 bits per heavy atom. The molecule has 0 aliphatic rings. The Bertz CT molecular complexity index is 3080. The van der Waals surface area contributed by atoms with Crippen LogP contribution in [0.25, 0.3) is 111 Å². The van der Waals surface area contributed by atoms with Crippen molar-refractivity contribution in [3.63, 3.8) is 0 Å². The van der Waals surface area contributed by atoms with Crippen molar-refractivity contribution in [2.45, 2.75) is 0 Å². The largest absolute Gasteiger partial charge is 0.256 e. The van der Waals surface area contributed by atoms with E-state index in [9.17, 15) is 0 Å². The van der Waals surface area contributed by atoms with Crippen molar-refractivity contribution in [2.75, 3.05) is 0 Å². The van der Waals surface area contributed by atoms with E-state index in [0.29, 0.717) is 0 Å². The summed E-state index contributed by atoms with van der Waals surface area (Å²) in [6, 6.07) is 70.1. The van der Waals surface area contributed by atoms with Gasteiger partial charge in [-0.3, -0.25) is 4.98 Å². The fourth-order valence-corrected chi connectivity index (χ4v) is 8.07. The van der Waals surface area contributed by atoms with Crippen molar-refractivity contribution in [1.82, 2.24) is 19.9 Å². The van der Waals surface area contributed by atoms with E-state index in [-0.39, 0.29) is 0 Å². The van der Waals surface area contributed by atoms with E-state index in [1.54, 1.807) is 0 Å². The SMILES string of the molecule is c1ccc(-c2ccc(-c3cc(-c4cc5ccccc5cn4)c4ccc5c(-c6ccc7ccccc7n6)cc(-c6ccc(-c7ccccc7)cc6)nc5c4n3)cc2)cc1. The molecule has 0 fully saturated rings. The normalized spacial score (nSPS) is 11.4. The third-order valence-corrected chi connectivity index (χ3v) is 11.1. The van der Waals surface area contributed by atoms with Gasteiger partial charge in [0, 0.05) is 50.0 Å². The van der Waals surface area contributed by atoms with E-state index in [0.717, 1.165) is 99.6 Å². The first-order valence-electron chi connectivity index (χ1n) is 19.5. The molecule has 0 amide bonds. The zero-order chi connectivity index (χ0) is 38.4. The quantitative estimate of drug-likeness (QED) is 0.159. The molecule has 58 heavy (non-hydrogen) atoms. The van der Waals surface area contributed by atoms with Crippen LogP contribution in [0.2, 0.25) is 0 Å². The number of rotatable bonds is 6. The van der Waals surface area contributed by atoms with Crippen LogP contribution in [0, 0.1) is 0 Å². The summed E-state index contributed by atoms with van der Waals surface area (Å²) in [6.45, 7) is 0. The molecule has 0 saturated carbocycles. The van der Waals surface area contributed by atoms with Crippen LogP contribution in [0.4, 0.5) is 0 Å². The number of hydrogen-bond acceptors (Lipinski definition) is 4. The van der Waals surface area contributed by atoms with Gasteiger partial charge in [-0.05, 0) is 58.0 Å². The Morgan fingerprint density at radius 1 is 0.276 bits per heavy atom. The fourth-order valence-electron chi connectivity index (χ4n) is 8.07. The van der Waals surface area contributed by atoms with E-state index in [4.69, 9.17) is 19.9 Å². The highest BCUT2D eigenvalue weighted by Gasteiger charge is 2.19. The third-order valence-electron chi connectivity index (χ3n) is 11.1. The van der Waals surface area contributed by atoms with Gasteiger partial charge in [-0.25, -0.2) is 15.0 Å². The Kier molecular flexibility index (Phi) is 8.11. The van der Waals surface area contributed by atoms with Gasteiger partial charge in [0.1, 0.15) is 0 Å². The molecule has 0 unspecified atom stereocenters. The van der Waals surface area contributed by atoms with Gasteiger partial charge in [-0.1, -0.05) is 170 Å². The molecule has 0 bridgehead atoms. The van der Waals surface area contributed by atoms with Crippen LogP contribution >= 0.6 is 0 Å². The van der Waals surface area contributed by atoms with Crippen LogP contribution in [0.15, 0.2) is 206 Å². The van der Waals surface area contributed by atoms with Gasteiger partial charge in [0.25, 0.3) is 0 Å². The lowest BCUT2D eigenvalue weighted by Crippen LogP contribution is -1.97. The number of fused-ring (bicyclic) bond motifs is 5. The van der Waals surface area contributed by atoms with Crippen molar-refractivity contribution in [1.29, 1.82) is 0 Å². The maximum atomic E-state index is 5.49. The summed E-state index contributed by atoms with van der Waals surface area (Å²) < 4.78 is 0. The molecule has 0 aliphatic heterocycles. The van der Waals surface area contributed by atoms with Gasteiger partial charge < -0.3 is 0 Å². The van der Waals surface area contributed by atoms with Crippen LogP contribution in [-0.2, 0) is 0 Å². The summed E-state index contributed by atoms with van der Waals surface area (Å²) in [4.78, 5) is 21.2. The highest BCUT2D eigenvalue weighted by Crippen LogP contribution is 2.40. The Hall–Kier alpha value is -7.82. The highest BCUT2D eigenvalue weighted by molar-refractivity contribution is 6.13. The minimum atomic E-state index is 0.817. The number of para-hydroxylation sites is 1.